The minimum Gasteiger partial charge on any atom is -0.497 e. The number of methoxy groups -OCH3 is 1. The van der Waals surface area contributed by atoms with Gasteiger partial charge in [0, 0.05) is 13.1 Å². The van der Waals surface area contributed by atoms with Crippen LogP contribution in [0.1, 0.15) is 24.8 Å². The number of hydrogen-bond acceptors (Lipinski definition) is 6. The molecule has 0 aliphatic carbocycles. The molecule has 4 rings (SSSR count). The predicted molar refractivity (Wildman–Crippen MR) is 134 cm³/mol. The van der Waals surface area contributed by atoms with Crippen molar-refractivity contribution in [2.45, 2.75) is 54.7 Å². The molecule has 2 fully saturated rings. The summed E-state index contributed by atoms with van der Waals surface area (Å²) >= 11 is 0. The minimum atomic E-state index is -4.76. The fraction of sp³-hybridized carbons (Fsp3) is 0.500. The van der Waals surface area contributed by atoms with Crippen LogP contribution in [0.3, 0.4) is 0 Å². The number of benzene rings is 2. The molecule has 2 saturated heterocycles. The molecule has 2 aromatic rings. The fourth-order valence-corrected chi connectivity index (χ4v) is 6.37. The van der Waals surface area contributed by atoms with E-state index in [4.69, 9.17) is 14.2 Å². The lowest BCUT2D eigenvalue weighted by Crippen LogP contribution is -2.49. The number of amides is 1. The molecule has 2 unspecified atom stereocenters. The van der Waals surface area contributed by atoms with Gasteiger partial charge in [-0.3, -0.25) is 0 Å². The number of nitrogens with zero attached hydrogens (tertiary/aromatic N) is 1. The van der Waals surface area contributed by atoms with Crippen LogP contribution in [0.2, 0.25) is 0 Å². The van der Waals surface area contributed by atoms with Crippen molar-refractivity contribution in [2.75, 3.05) is 26.8 Å². The van der Waals surface area contributed by atoms with E-state index in [1.807, 2.05) is 0 Å². The third-order valence-electron chi connectivity index (χ3n) is 7.22. The zero-order valence-electron chi connectivity index (χ0n) is 21.3. The summed E-state index contributed by atoms with van der Waals surface area (Å²) in [4.78, 5) is 12.5. The number of likely N-dealkylation sites (tertiary alicyclic amines) is 1. The Bertz CT molecular complexity index is 1220. The van der Waals surface area contributed by atoms with Crippen LogP contribution in [0.15, 0.2) is 59.5 Å². The van der Waals surface area contributed by atoms with Gasteiger partial charge in [0.05, 0.1) is 43.0 Å². The topological polar surface area (TPSA) is 114 Å². The largest absolute Gasteiger partial charge is 0.497 e. The van der Waals surface area contributed by atoms with Gasteiger partial charge in [-0.05, 0) is 49.1 Å². The van der Waals surface area contributed by atoms with Gasteiger partial charge in [0.2, 0.25) is 10.0 Å². The van der Waals surface area contributed by atoms with E-state index in [2.05, 4.69) is 4.72 Å². The molecule has 39 heavy (non-hydrogen) atoms. The monoisotopic (exact) mass is 572 g/mol. The van der Waals surface area contributed by atoms with Crippen LogP contribution in [-0.4, -0.2) is 75.2 Å². The van der Waals surface area contributed by atoms with Crippen molar-refractivity contribution in [1.82, 2.24) is 9.62 Å². The van der Waals surface area contributed by atoms with Crippen LogP contribution in [0.5, 0.6) is 5.75 Å². The van der Waals surface area contributed by atoms with Crippen LogP contribution in [0.25, 0.3) is 0 Å². The molecule has 2 aromatic carbocycles. The molecule has 2 aliphatic rings. The number of ether oxygens (including phenoxy) is 3. The lowest BCUT2D eigenvalue weighted by Gasteiger charge is -2.38. The van der Waals surface area contributed by atoms with Gasteiger partial charge in [0.1, 0.15) is 11.7 Å². The third kappa shape index (κ3) is 7.02. The summed E-state index contributed by atoms with van der Waals surface area (Å²) < 4.78 is 88.5. The SMILES string of the molecule is COc1ccc(COCC([C@H]2OC3(CCN(C(=O)O)CC3)CC2NS(=O)(=O)c2ccccc2)C(F)(F)F)cc1. The van der Waals surface area contributed by atoms with Gasteiger partial charge in [-0.15, -0.1) is 0 Å². The van der Waals surface area contributed by atoms with Crippen molar-refractivity contribution in [3.63, 3.8) is 0 Å². The van der Waals surface area contributed by atoms with Gasteiger partial charge in [-0.1, -0.05) is 30.3 Å². The summed E-state index contributed by atoms with van der Waals surface area (Å²) in [6, 6.07) is 12.9. The van der Waals surface area contributed by atoms with E-state index in [0.29, 0.717) is 11.3 Å². The van der Waals surface area contributed by atoms with Crippen molar-refractivity contribution in [3.05, 3.63) is 60.2 Å². The average molecular weight is 573 g/mol. The second-order valence-electron chi connectivity index (χ2n) is 9.79. The van der Waals surface area contributed by atoms with E-state index in [1.54, 1.807) is 30.3 Å². The van der Waals surface area contributed by atoms with Crippen molar-refractivity contribution >= 4 is 16.1 Å². The maximum Gasteiger partial charge on any atom is 0.407 e. The highest BCUT2D eigenvalue weighted by Crippen LogP contribution is 2.45. The smallest absolute Gasteiger partial charge is 0.407 e. The Kier molecular flexibility index (Phi) is 8.74. The zero-order valence-corrected chi connectivity index (χ0v) is 22.1. The Hall–Kier alpha value is -2.87. The molecule has 2 N–H and O–H groups in total. The Morgan fingerprint density at radius 1 is 1.15 bits per heavy atom. The highest BCUT2D eigenvalue weighted by atomic mass is 32.2. The van der Waals surface area contributed by atoms with Crippen LogP contribution in [0, 0.1) is 5.92 Å². The quantitative estimate of drug-likeness (QED) is 0.466. The molecule has 9 nitrogen and oxygen atoms in total. The molecule has 3 atom stereocenters. The maximum atomic E-state index is 14.4. The third-order valence-corrected chi connectivity index (χ3v) is 8.73. The zero-order chi connectivity index (χ0) is 28.3. The molecule has 0 bridgehead atoms. The van der Waals surface area contributed by atoms with Crippen LogP contribution in [-0.2, 0) is 26.1 Å². The number of sulfonamides is 1. The summed E-state index contributed by atoms with van der Waals surface area (Å²) in [5.74, 6) is -1.53. The van der Waals surface area contributed by atoms with Crippen molar-refractivity contribution in [3.8, 4) is 5.75 Å². The van der Waals surface area contributed by atoms with E-state index in [0.717, 1.165) is 0 Å². The number of piperidine rings is 1. The number of halogens is 3. The molecule has 2 aliphatic heterocycles. The molecule has 1 spiro atoms. The van der Waals surface area contributed by atoms with Gasteiger partial charge < -0.3 is 24.2 Å². The number of hydrogen-bond donors (Lipinski definition) is 2. The Morgan fingerprint density at radius 3 is 2.36 bits per heavy atom. The number of rotatable bonds is 9. The first kappa shape index (κ1) is 29.1. The number of alkyl halides is 3. The summed E-state index contributed by atoms with van der Waals surface area (Å²) in [6.07, 6.45) is -7.18. The first-order chi connectivity index (χ1) is 18.4. The molecule has 1 amide bonds. The maximum absolute atomic E-state index is 14.4. The van der Waals surface area contributed by atoms with Gasteiger partial charge >= 0.3 is 12.3 Å². The van der Waals surface area contributed by atoms with E-state index in [9.17, 15) is 31.5 Å². The highest BCUT2D eigenvalue weighted by Gasteiger charge is 2.57. The molecular formula is C26H31F3N2O7S. The molecule has 2 heterocycles. The summed E-state index contributed by atoms with van der Waals surface area (Å²) in [5.41, 5.74) is -0.456. The Morgan fingerprint density at radius 2 is 1.79 bits per heavy atom. The highest BCUT2D eigenvalue weighted by molar-refractivity contribution is 7.89. The second-order valence-corrected chi connectivity index (χ2v) is 11.5. The fourth-order valence-electron chi connectivity index (χ4n) is 5.10. The van der Waals surface area contributed by atoms with Crippen LogP contribution >= 0.6 is 0 Å². The minimum absolute atomic E-state index is 0.0255. The number of carboxylic acid groups (broad SMARTS) is 1. The summed E-state index contributed by atoms with van der Waals surface area (Å²) in [7, 11) is -2.66. The van der Waals surface area contributed by atoms with Crippen molar-refractivity contribution < 1.29 is 45.7 Å². The lowest BCUT2D eigenvalue weighted by molar-refractivity contribution is -0.229. The first-order valence-electron chi connectivity index (χ1n) is 12.4. The van der Waals surface area contributed by atoms with E-state index < -0.39 is 52.6 Å². The molecule has 214 valence electrons. The van der Waals surface area contributed by atoms with Crippen molar-refractivity contribution in [2.24, 2.45) is 5.92 Å². The molecule has 0 saturated carbocycles. The van der Waals surface area contributed by atoms with Gasteiger partial charge in [0.15, 0.2) is 0 Å². The summed E-state index contributed by atoms with van der Waals surface area (Å²) in [5, 5.41) is 9.29. The first-order valence-corrected chi connectivity index (χ1v) is 13.9. The molecular weight excluding hydrogens is 541 g/mol. The van der Waals surface area contributed by atoms with E-state index >= 15 is 0 Å². The van der Waals surface area contributed by atoms with E-state index in [-0.39, 0.29) is 43.9 Å². The van der Waals surface area contributed by atoms with E-state index in [1.165, 1.54) is 36.3 Å². The molecule has 0 radical (unpaired) electrons. The Balaban J connectivity index is 1.56. The molecule has 0 aromatic heterocycles. The normalized spacial score (nSPS) is 22.1. The summed E-state index contributed by atoms with van der Waals surface area (Å²) in [6.45, 7) is -0.695. The molecule has 13 heteroatoms. The van der Waals surface area contributed by atoms with Gasteiger partial charge in [0.25, 0.3) is 0 Å². The predicted octanol–water partition coefficient (Wildman–Crippen LogP) is 4.04. The standard InChI is InChI=1S/C26H31F3N2O7S/c1-36-19-9-7-18(8-10-19)16-37-17-21(26(27,28)29)23-22(30-39(34,35)20-5-3-2-4-6-20)15-25(38-23)11-13-31(14-12-25)24(32)33/h2-10,21-23,30H,11-17H2,1H3,(H,32,33)/t21?,22?,23-/m1/s1. The van der Waals surface area contributed by atoms with Gasteiger partial charge in [-0.25, -0.2) is 17.9 Å². The van der Waals surface area contributed by atoms with Gasteiger partial charge in [-0.2, -0.15) is 13.2 Å². The number of nitrogens with one attached hydrogen (secondary N) is 1. The van der Waals surface area contributed by atoms with Crippen LogP contribution < -0.4 is 9.46 Å². The van der Waals surface area contributed by atoms with Crippen LogP contribution in [0.4, 0.5) is 18.0 Å². The Labute approximate surface area is 224 Å². The average Bonchev–Trinajstić information content (AvgIpc) is 3.22. The van der Waals surface area contributed by atoms with Crippen molar-refractivity contribution in [1.29, 1.82) is 0 Å². The lowest BCUT2D eigenvalue weighted by atomic mass is 9.86. The number of carbonyl (C=O) groups is 1. The second kappa shape index (κ2) is 11.7.